The summed E-state index contributed by atoms with van der Waals surface area (Å²) >= 11 is 0. The van der Waals surface area contributed by atoms with Crippen LogP contribution in [0.2, 0.25) is 0 Å². The van der Waals surface area contributed by atoms with E-state index in [1.54, 1.807) is 6.92 Å². The minimum Gasteiger partial charge on any atom is -0.343 e. The molecule has 2 aromatic carbocycles. The zero-order valence-corrected chi connectivity index (χ0v) is 19.1. The standard InChI is InChI=1S/C26H35N3O2/c1-21(30)28-15-13-23(14-16-28)19-22-9-11-25(12-10-22)26(31)29(18-17-27(2)3)20-24-7-5-4-6-8-24/h4-12,23H,13-20H2,1-3H3. The van der Waals surface area contributed by atoms with Gasteiger partial charge in [-0.15, -0.1) is 0 Å². The molecule has 0 bridgehead atoms. The topological polar surface area (TPSA) is 43.9 Å². The maximum Gasteiger partial charge on any atom is 0.254 e. The largest absolute Gasteiger partial charge is 0.343 e. The second-order valence-electron chi connectivity index (χ2n) is 8.87. The first-order valence-electron chi connectivity index (χ1n) is 11.2. The van der Waals surface area contributed by atoms with Crippen LogP contribution in [0.4, 0.5) is 0 Å². The maximum absolute atomic E-state index is 13.2. The normalized spacial score (nSPS) is 14.6. The van der Waals surface area contributed by atoms with Gasteiger partial charge in [-0.2, -0.15) is 0 Å². The first kappa shape index (κ1) is 23.0. The van der Waals surface area contributed by atoms with Gasteiger partial charge in [0.2, 0.25) is 5.91 Å². The molecule has 5 nitrogen and oxygen atoms in total. The first-order chi connectivity index (χ1) is 14.9. The van der Waals surface area contributed by atoms with E-state index in [9.17, 15) is 9.59 Å². The maximum atomic E-state index is 13.2. The predicted octanol–water partition coefficient (Wildman–Crippen LogP) is 3.69. The number of likely N-dealkylation sites (tertiary alicyclic amines) is 1. The van der Waals surface area contributed by atoms with Crippen LogP contribution in [0.15, 0.2) is 54.6 Å². The number of nitrogens with zero attached hydrogens (tertiary/aromatic N) is 3. The van der Waals surface area contributed by atoms with Crippen molar-refractivity contribution in [3.8, 4) is 0 Å². The number of hydrogen-bond donors (Lipinski definition) is 0. The lowest BCUT2D eigenvalue weighted by Crippen LogP contribution is -2.37. The summed E-state index contributed by atoms with van der Waals surface area (Å²) in [7, 11) is 4.06. The van der Waals surface area contributed by atoms with Gasteiger partial charge >= 0.3 is 0 Å². The van der Waals surface area contributed by atoms with Crippen LogP contribution in [0.25, 0.3) is 0 Å². The predicted molar refractivity (Wildman–Crippen MR) is 125 cm³/mol. The van der Waals surface area contributed by atoms with E-state index < -0.39 is 0 Å². The average molecular weight is 422 g/mol. The Bertz CT molecular complexity index is 841. The highest BCUT2D eigenvalue weighted by atomic mass is 16.2. The van der Waals surface area contributed by atoms with Gasteiger partial charge in [-0.3, -0.25) is 9.59 Å². The Morgan fingerprint density at radius 2 is 1.55 bits per heavy atom. The molecule has 2 amide bonds. The zero-order valence-electron chi connectivity index (χ0n) is 19.1. The number of hydrogen-bond acceptors (Lipinski definition) is 3. The van der Waals surface area contributed by atoms with Gasteiger partial charge < -0.3 is 14.7 Å². The Hall–Kier alpha value is -2.66. The van der Waals surface area contributed by atoms with Crippen molar-refractivity contribution in [2.45, 2.75) is 32.7 Å². The second-order valence-corrected chi connectivity index (χ2v) is 8.87. The lowest BCUT2D eigenvalue weighted by atomic mass is 9.90. The molecule has 0 atom stereocenters. The molecule has 0 radical (unpaired) electrons. The second kappa shape index (κ2) is 11.1. The molecule has 31 heavy (non-hydrogen) atoms. The Labute approximate surface area is 186 Å². The van der Waals surface area contributed by atoms with Gasteiger partial charge in [-0.05, 0) is 62.5 Å². The summed E-state index contributed by atoms with van der Waals surface area (Å²) in [6.07, 6.45) is 3.11. The highest BCUT2D eigenvalue weighted by molar-refractivity contribution is 5.94. The molecular weight excluding hydrogens is 386 g/mol. The number of carbonyl (C=O) groups excluding carboxylic acids is 2. The molecule has 0 N–H and O–H groups in total. The van der Waals surface area contributed by atoms with Gasteiger partial charge in [0.25, 0.3) is 5.91 Å². The quantitative estimate of drug-likeness (QED) is 0.653. The van der Waals surface area contributed by atoms with Crippen molar-refractivity contribution < 1.29 is 9.59 Å². The Morgan fingerprint density at radius 1 is 0.903 bits per heavy atom. The van der Waals surface area contributed by atoms with Crippen LogP contribution in [-0.4, -0.2) is 66.8 Å². The van der Waals surface area contributed by atoms with Crippen LogP contribution in [-0.2, 0) is 17.8 Å². The van der Waals surface area contributed by atoms with E-state index in [1.807, 2.05) is 54.2 Å². The van der Waals surface area contributed by atoms with Gasteiger partial charge in [-0.1, -0.05) is 42.5 Å². The number of amides is 2. The summed E-state index contributed by atoms with van der Waals surface area (Å²) < 4.78 is 0. The number of benzene rings is 2. The van der Waals surface area contributed by atoms with Crippen molar-refractivity contribution >= 4 is 11.8 Å². The van der Waals surface area contributed by atoms with Gasteiger partial charge in [0, 0.05) is 45.2 Å². The first-order valence-corrected chi connectivity index (χ1v) is 11.2. The molecule has 0 aliphatic carbocycles. The third-order valence-electron chi connectivity index (χ3n) is 6.11. The fourth-order valence-corrected chi connectivity index (χ4v) is 4.13. The van der Waals surface area contributed by atoms with Crippen molar-refractivity contribution in [1.82, 2.24) is 14.7 Å². The monoisotopic (exact) mass is 421 g/mol. The van der Waals surface area contributed by atoms with Crippen molar-refractivity contribution in [2.75, 3.05) is 40.3 Å². The van der Waals surface area contributed by atoms with Crippen molar-refractivity contribution in [2.24, 2.45) is 5.92 Å². The highest BCUT2D eigenvalue weighted by Crippen LogP contribution is 2.22. The molecule has 166 valence electrons. The Balaban J connectivity index is 1.61. The lowest BCUT2D eigenvalue weighted by molar-refractivity contribution is -0.130. The van der Waals surface area contributed by atoms with Crippen LogP contribution in [0.1, 0.15) is 41.3 Å². The summed E-state index contributed by atoms with van der Waals surface area (Å²) in [5, 5.41) is 0. The summed E-state index contributed by atoms with van der Waals surface area (Å²) in [6.45, 7) is 5.50. The van der Waals surface area contributed by atoms with Gasteiger partial charge in [0.15, 0.2) is 0 Å². The van der Waals surface area contributed by atoms with Crippen molar-refractivity contribution in [3.63, 3.8) is 0 Å². The fraction of sp³-hybridized carbons (Fsp3) is 0.462. The Kier molecular flexibility index (Phi) is 8.24. The summed E-state index contributed by atoms with van der Waals surface area (Å²) in [6, 6.07) is 18.3. The molecule has 0 spiro atoms. The van der Waals surface area contributed by atoms with Crippen LogP contribution in [0.3, 0.4) is 0 Å². The number of rotatable bonds is 8. The average Bonchev–Trinajstić information content (AvgIpc) is 2.77. The highest BCUT2D eigenvalue weighted by Gasteiger charge is 2.21. The molecule has 1 saturated heterocycles. The van der Waals surface area contributed by atoms with Gasteiger partial charge in [0.05, 0.1) is 0 Å². The third-order valence-corrected chi connectivity index (χ3v) is 6.11. The minimum absolute atomic E-state index is 0.0759. The molecular formula is C26H35N3O2. The lowest BCUT2D eigenvalue weighted by Gasteiger charge is -2.31. The molecule has 1 aliphatic rings. The number of piperidine rings is 1. The smallest absolute Gasteiger partial charge is 0.254 e. The molecule has 1 aliphatic heterocycles. The Morgan fingerprint density at radius 3 is 2.13 bits per heavy atom. The van der Waals surface area contributed by atoms with E-state index in [0.717, 1.165) is 50.0 Å². The van der Waals surface area contributed by atoms with E-state index in [0.29, 0.717) is 19.0 Å². The van der Waals surface area contributed by atoms with E-state index in [4.69, 9.17) is 0 Å². The van der Waals surface area contributed by atoms with Crippen LogP contribution < -0.4 is 0 Å². The fourth-order valence-electron chi connectivity index (χ4n) is 4.13. The van der Waals surface area contributed by atoms with E-state index in [2.05, 4.69) is 29.2 Å². The molecule has 1 heterocycles. The van der Waals surface area contributed by atoms with Crippen molar-refractivity contribution in [3.05, 3.63) is 71.3 Å². The van der Waals surface area contributed by atoms with Crippen molar-refractivity contribution in [1.29, 1.82) is 0 Å². The zero-order chi connectivity index (χ0) is 22.2. The van der Waals surface area contributed by atoms with Crippen LogP contribution >= 0.6 is 0 Å². The SMILES string of the molecule is CC(=O)N1CCC(Cc2ccc(C(=O)N(CCN(C)C)Cc3ccccc3)cc2)CC1. The molecule has 3 rings (SSSR count). The van der Waals surface area contributed by atoms with Gasteiger partial charge in [-0.25, -0.2) is 0 Å². The molecule has 0 saturated carbocycles. The summed E-state index contributed by atoms with van der Waals surface area (Å²) in [4.78, 5) is 30.7. The summed E-state index contributed by atoms with van der Waals surface area (Å²) in [5.41, 5.74) is 3.15. The molecule has 0 unspecified atom stereocenters. The number of carbonyl (C=O) groups is 2. The van der Waals surface area contributed by atoms with Gasteiger partial charge in [0.1, 0.15) is 0 Å². The summed E-state index contributed by atoms with van der Waals surface area (Å²) in [5.74, 6) is 0.856. The molecule has 5 heteroatoms. The van der Waals surface area contributed by atoms with Crippen LogP contribution in [0.5, 0.6) is 0 Å². The minimum atomic E-state index is 0.0759. The van der Waals surface area contributed by atoms with E-state index in [1.165, 1.54) is 5.56 Å². The molecule has 0 aromatic heterocycles. The van der Waals surface area contributed by atoms with Crippen LogP contribution in [0, 0.1) is 5.92 Å². The molecule has 1 fully saturated rings. The molecule has 2 aromatic rings. The van der Waals surface area contributed by atoms with E-state index >= 15 is 0 Å². The van der Waals surface area contributed by atoms with E-state index in [-0.39, 0.29) is 11.8 Å². The third kappa shape index (κ3) is 6.93. The number of likely N-dealkylation sites (N-methyl/N-ethyl adjacent to an activating group) is 1.